The monoisotopic (exact) mass is 337 g/mol. The van der Waals surface area contributed by atoms with Crippen LogP contribution in [-0.4, -0.2) is 19.4 Å². The molecule has 0 saturated carbocycles. The van der Waals surface area contributed by atoms with Gasteiger partial charge in [0.05, 0.1) is 11.4 Å². The summed E-state index contributed by atoms with van der Waals surface area (Å²) < 4.78 is 27.5. The number of hydrogen-bond donors (Lipinski definition) is 2. The Morgan fingerprint density at radius 1 is 1.36 bits per heavy atom. The predicted molar refractivity (Wildman–Crippen MR) is 89.3 cm³/mol. The molecule has 1 atom stereocenters. The van der Waals surface area contributed by atoms with Gasteiger partial charge in [-0.2, -0.15) is 0 Å². The van der Waals surface area contributed by atoms with Crippen molar-refractivity contribution in [1.29, 1.82) is 0 Å². The fourth-order valence-corrected chi connectivity index (χ4v) is 5.08. The van der Waals surface area contributed by atoms with Crippen LogP contribution in [0.5, 0.6) is 0 Å². The van der Waals surface area contributed by atoms with E-state index in [1.165, 1.54) is 11.3 Å². The topological polar surface area (TPSA) is 85.1 Å². The molecule has 0 bridgehead atoms. The maximum absolute atomic E-state index is 12.3. The molecule has 0 spiro atoms. The first-order valence-electron chi connectivity index (χ1n) is 7.21. The minimum atomic E-state index is -3.34. The smallest absolute Gasteiger partial charge is 0.216 e. The summed E-state index contributed by atoms with van der Waals surface area (Å²) in [5.74, 6) is 0.0153. The van der Waals surface area contributed by atoms with Crippen molar-refractivity contribution in [3.8, 4) is 0 Å². The van der Waals surface area contributed by atoms with Crippen molar-refractivity contribution < 1.29 is 8.42 Å². The molecular formula is C15H19N3O2S2. The molecule has 1 heterocycles. The summed E-state index contributed by atoms with van der Waals surface area (Å²) in [6.07, 6.45) is 2.22. The van der Waals surface area contributed by atoms with Crippen molar-refractivity contribution in [3.63, 3.8) is 0 Å². The molecule has 0 aliphatic heterocycles. The minimum Gasteiger partial charge on any atom is -0.375 e. The third-order valence-electron chi connectivity index (χ3n) is 3.78. The lowest BCUT2D eigenvalue weighted by atomic mass is 9.99. The van der Waals surface area contributed by atoms with E-state index in [1.54, 1.807) is 0 Å². The van der Waals surface area contributed by atoms with E-state index in [1.807, 2.05) is 31.2 Å². The van der Waals surface area contributed by atoms with Crippen molar-refractivity contribution in [2.45, 2.75) is 38.0 Å². The fourth-order valence-electron chi connectivity index (χ4n) is 2.69. The van der Waals surface area contributed by atoms with Crippen LogP contribution in [0.3, 0.4) is 0 Å². The number of benzene rings is 1. The van der Waals surface area contributed by atoms with Gasteiger partial charge < -0.3 is 5.73 Å². The molecule has 22 heavy (non-hydrogen) atoms. The SMILES string of the molecule is Cc1ccc(CS(=O)(=O)NC2CCc3nc(N)sc3C2)cc1. The Kier molecular flexibility index (Phi) is 4.20. The molecule has 3 N–H and O–H groups in total. The molecule has 0 fully saturated rings. The number of rotatable bonds is 4. The van der Waals surface area contributed by atoms with Gasteiger partial charge in [0.15, 0.2) is 5.13 Å². The summed E-state index contributed by atoms with van der Waals surface area (Å²) >= 11 is 1.46. The Bertz CT molecular complexity index is 767. The molecule has 1 aromatic heterocycles. The fraction of sp³-hybridized carbons (Fsp3) is 0.400. The van der Waals surface area contributed by atoms with Crippen LogP contribution < -0.4 is 10.5 Å². The largest absolute Gasteiger partial charge is 0.375 e. The molecule has 0 radical (unpaired) electrons. The maximum atomic E-state index is 12.3. The van der Waals surface area contributed by atoms with Gasteiger partial charge >= 0.3 is 0 Å². The summed E-state index contributed by atoms with van der Waals surface area (Å²) in [6.45, 7) is 1.98. The number of sulfonamides is 1. The second-order valence-corrected chi connectivity index (χ2v) is 8.59. The lowest BCUT2D eigenvalue weighted by molar-refractivity contribution is 0.507. The number of nitrogens with two attached hydrogens (primary N) is 1. The molecule has 1 aliphatic rings. The van der Waals surface area contributed by atoms with Gasteiger partial charge in [0.25, 0.3) is 0 Å². The maximum Gasteiger partial charge on any atom is 0.216 e. The second kappa shape index (κ2) is 5.98. The van der Waals surface area contributed by atoms with Crippen LogP contribution in [0.2, 0.25) is 0 Å². The summed E-state index contributed by atoms with van der Waals surface area (Å²) in [4.78, 5) is 5.38. The molecular weight excluding hydrogens is 318 g/mol. The molecule has 2 aromatic rings. The average Bonchev–Trinajstić information content (AvgIpc) is 2.80. The predicted octanol–water partition coefficient (Wildman–Crippen LogP) is 2.01. The van der Waals surface area contributed by atoms with Crippen molar-refractivity contribution >= 4 is 26.5 Å². The molecule has 7 heteroatoms. The highest BCUT2D eigenvalue weighted by Gasteiger charge is 2.25. The van der Waals surface area contributed by atoms with Gasteiger partial charge in [-0.15, -0.1) is 11.3 Å². The highest BCUT2D eigenvalue weighted by Crippen LogP contribution is 2.28. The van der Waals surface area contributed by atoms with Gasteiger partial charge in [0, 0.05) is 17.3 Å². The van der Waals surface area contributed by atoms with Gasteiger partial charge in [-0.3, -0.25) is 0 Å². The van der Waals surface area contributed by atoms with E-state index in [2.05, 4.69) is 9.71 Å². The Hall–Kier alpha value is -1.44. The van der Waals surface area contributed by atoms with Gasteiger partial charge in [-0.1, -0.05) is 29.8 Å². The Morgan fingerprint density at radius 3 is 2.82 bits per heavy atom. The number of fused-ring (bicyclic) bond motifs is 1. The van der Waals surface area contributed by atoms with Crippen LogP contribution in [-0.2, 0) is 28.6 Å². The number of nitrogens with zero attached hydrogens (tertiary/aromatic N) is 1. The van der Waals surface area contributed by atoms with Crippen molar-refractivity contribution in [3.05, 3.63) is 46.0 Å². The van der Waals surface area contributed by atoms with Gasteiger partial charge in [0.2, 0.25) is 10.0 Å². The first kappa shape index (κ1) is 15.5. The normalized spacial score (nSPS) is 18.1. The van der Waals surface area contributed by atoms with Gasteiger partial charge in [0.1, 0.15) is 0 Å². The number of hydrogen-bond acceptors (Lipinski definition) is 5. The van der Waals surface area contributed by atoms with Crippen LogP contribution in [0.15, 0.2) is 24.3 Å². The summed E-state index contributed by atoms with van der Waals surface area (Å²) in [5, 5.41) is 0.563. The zero-order valence-electron chi connectivity index (χ0n) is 12.4. The number of aromatic nitrogens is 1. The second-order valence-electron chi connectivity index (χ2n) is 5.72. The highest BCUT2D eigenvalue weighted by atomic mass is 32.2. The first-order valence-corrected chi connectivity index (χ1v) is 9.68. The first-order chi connectivity index (χ1) is 10.4. The molecule has 1 aromatic carbocycles. The lowest BCUT2D eigenvalue weighted by Gasteiger charge is -2.22. The molecule has 0 amide bonds. The quantitative estimate of drug-likeness (QED) is 0.894. The van der Waals surface area contributed by atoms with E-state index in [-0.39, 0.29) is 11.8 Å². The third kappa shape index (κ3) is 3.66. The molecule has 1 unspecified atom stereocenters. The van der Waals surface area contributed by atoms with E-state index >= 15 is 0 Å². The average molecular weight is 337 g/mol. The van der Waals surface area contributed by atoms with Crippen molar-refractivity contribution in [2.75, 3.05) is 5.73 Å². The molecule has 1 aliphatic carbocycles. The van der Waals surface area contributed by atoms with E-state index in [0.29, 0.717) is 11.6 Å². The molecule has 5 nitrogen and oxygen atoms in total. The summed E-state index contributed by atoms with van der Waals surface area (Å²) in [5.41, 5.74) is 8.66. The lowest BCUT2D eigenvalue weighted by Crippen LogP contribution is -2.39. The van der Waals surface area contributed by atoms with E-state index in [0.717, 1.165) is 34.5 Å². The van der Waals surface area contributed by atoms with E-state index in [9.17, 15) is 8.42 Å². The Morgan fingerprint density at radius 2 is 2.09 bits per heavy atom. The van der Waals surface area contributed by atoms with Crippen molar-refractivity contribution in [1.82, 2.24) is 9.71 Å². The molecule has 3 rings (SSSR count). The van der Waals surface area contributed by atoms with Gasteiger partial charge in [-0.25, -0.2) is 18.1 Å². The van der Waals surface area contributed by atoms with Gasteiger partial charge in [-0.05, 0) is 25.3 Å². The van der Waals surface area contributed by atoms with E-state index < -0.39 is 10.0 Å². The zero-order valence-corrected chi connectivity index (χ0v) is 14.0. The third-order valence-corrected chi connectivity index (χ3v) is 6.13. The van der Waals surface area contributed by atoms with Crippen molar-refractivity contribution in [2.24, 2.45) is 0 Å². The number of nitrogens with one attached hydrogen (secondary N) is 1. The standard InChI is InChI=1S/C15H19N3O2S2/c1-10-2-4-11(5-3-10)9-22(19,20)18-12-6-7-13-14(8-12)21-15(16)17-13/h2-5,12,18H,6-9H2,1H3,(H2,16,17). The van der Waals surface area contributed by atoms with Crippen LogP contribution in [0.1, 0.15) is 28.1 Å². The Labute approximate surface area is 134 Å². The van der Waals surface area contributed by atoms with Crippen LogP contribution in [0, 0.1) is 6.92 Å². The van der Waals surface area contributed by atoms with Crippen LogP contribution in [0.4, 0.5) is 5.13 Å². The highest BCUT2D eigenvalue weighted by molar-refractivity contribution is 7.88. The summed E-state index contributed by atoms with van der Waals surface area (Å²) in [7, 11) is -3.34. The molecule has 0 saturated heterocycles. The number of nitrogen functional groups attached to an aromatic ring is 1. The van der Waals surface area contributed by atoms with Crippen LogP contribution >= 0.6 is 11.3 Å². The minimum absolute atomic E-state index is 0.0153. The zero-order chi connectivity index (χ0) is 15.7. The number of aryl methyl sites for hydroxylation is 2. The number of thiazole rings is 1. The van der Waals surface area contributed by atoms with Crippen LogP contribution in [0.25, 0.3) is 0 Å². The Balaban J connectivity index is 1.66. The number of anilines is 1. The summed E-state index contributed by atoms with van der Waals surface area (Å²) in [6, 6.07) is 7.51. The van der Waals surface area contributed by atoms with E-state index in [4.69, 9.17) is 5.73 Å². The molecule has 118 valence electrons.